The van der Waals surface area contributed by atoms with Crippen LogP contribution in [0.25, 0.3) is 17.2 Å². The van der Waals surface area contributed by atoms with Crippen LogP contribution in [0.15, 0.2) is 42.9 Å². The molecule has 0 aliphatic heterocycles. The van der Waals surface area contributed by atoms with Crippen LogP contribution < -0.4 is 0 Å². The molecule has 0 aliphatic rings. The standard InChI is InChI=1S/C14H13N5/c1-10-8-11(2)19(18-10)13-5-7-16-14(17-13)12-4-3-6-15-9-12/h3-9H,1-2H3. The summed E-state index contributed by atoms with van der Waals surface area (Å²) in [6, 6.07) is 7.67. The number of rotatable bonds is 2. The van der Waals surface area contributed by atoms with Crippen molar-refractivity contribution in [2.75, 3.05) is 0 Å². The van der Waals surface area contributed by atoms with Crippen LogP contribution in [0, 0.1) is 13.8 Å². The van der Waals surface area contributed by atoms with Crippen molar-refractivity contribution in [3.05, 3.63) is 54.2 Å². The largest absolute Gasteiger partial charge is 0.264 e. The van der Waals surface area contributed by atoms with Crippen LogP contribution in [0.4, 0.5) is 0 Å². The van der Waals surface area contributed by atoms with E-state index in [-0.39, 0.29) is 0 Å². The Balaban J connectivity index is 2.08. The molecule has 5 heteroatoms. The zero-order chi connectivity index (χ0) is 13.2. The number of hydrogen-bond donors (Lipinski definition) is 0. The molecule has 0 N–H and O–H groups in total. The summed E-state index contributed by atoms with van der Waals surface area (Å²) in [7, 11) is 0. The average Bonchev–Trinajstić information content (AvgIpc) is 2.79. The van der Waals surface area contributed by atoms with Crippen LogP contribution in [-0.2, 0) is 0 Å². The second kappa shape index (κ2) is 4.61. The van der Waals surface area contributed by atoms with Crippen molar-refractivity contribution < 1.29 is 0 Å². The van der Waals surface area contributed by atoms with Crippen molar-refractivity contribution in [3.63, 3.8) is 0 Å². The summed E-state index contributed by atoms with van der Waals surface area (Å²) < 4.78 is 1.82. The predicted molar refractivity (Wildman–Crippen MR) is 71.9 cm³/mol. The van der Waals surface area contributed by atoms with Crippen LogP contribution in [-0.4, -0.2) is 24.7 Å². The highest BCUT2D eigenvalue weighted by Gasteiger charge is 2.07. The topological polar surface area (TPSA) is 56.5 Å². The fraction of sp³-hybridized carbons (Fsp3) is 0.143. The Hall–Kier alpha value is -2.56. The Morgan fingerprint density at radius 3 is 2.68 bits per heavy atom. The number of hydrogen-bond acceptors (Lipinski definition) is 4. The molecule has 0 radical (unpaired) electrons. The lowest BCUT2D eigenvalue weighted by Crippen LogP contribution is -2.03. The second-order valence-electron chi connectivity index (χ2n) is 4.32. The minimum Gasteiger partial charge on any atom is -0.264 e. The molecule has 0 saturated heterocycles. The van der Waals surface area contributed by atoms with Gasteiger partial charge in [-0.3, -0.25) is 4.98 Å². The highest BCUT2D eigenvalue weighted by molar-refractivity contribution is 5.53. The lowest BCUT2D eigenvalue weighted by Gasteiger charge is -2.05. The number of nitrogens with zero attached hydrogens (tertiary/aromatic N) is 5. The van der Waals surface area contributed by atoms with Crippen LogP contribution in [0.5, 0.6) is 0 Å². The molecule has 0 amide bonds. The lowest BCUT2D eigenvalue weighted by molar-refractivity contribution is 0.802. The van der Waals surface area contributed by atoms with Crippen LogP contribution in [0.1, 0.15) is 11.4 Å². The maximum atomic E-state index is 4.54. The average molecular weight is 251 g/mol. The zero-order valence-electron chi connectivity index (χ0n) is 10.8. The molecule has 94 valence electrons. The van der Waals surface area contributed by atoms with Gasteiger partial charge >= 0.3 is 0 Å². The van der Waals surface area contributed by atoms with E-state index in [0.717, 1.165) is 22.8 Å². The maximum Gasteiger partial charge on any atom is 0.163 e. The Kier molecular flexibility index (Phi) is 2.79. The minimum atomic E-state index is 0.651. The zero-order valence-corrected chi connectivity index (χ0v) is 10.8. The molecule has 0 fully saturated rings. The van der Waals surface area contributed by atoms with E-state index in [9.17, 15) is 0 Å². The molecule has 3 rings (SSSR count). The Morgan fingerprint density at radius 2 is 2.00 bits per heavy atom. The summed E-state index contributed by atoms with van der Waals surface area (Å²) in [6.45, 7) is 3.97. The van der Waals surface area contributed by atoms with Gasteiger partial charge in [0.15, 0.2) is 11.6 Å². The lowest BCUT2D eigenvalue weighted by atomic mass is 10.3. The molecular formula is C14H13N5. The molecule has 3 heterocycles. The summed E-state index contributed by atoms with van der Waals surface area (Å²) >= 11 is 0. The highest BCUT2D eigenvalue weighted by atomic mass is 15.3. The van der Waals surface area contributed by atoms with Gasteiger partial charge in [-0.05, 0) is 32.0 Å². The Labute approximate surface area is 111 Å². The molecule has 19 heavy (non-hydrogen) atoms. The molecule has 0 spiro atoms. The molecule has 3 aromatic rings. The van der Waals surface area contributed by atoms with Gasteiger partial charge in [-0.2, -0.15) is 5.10 Å². The van der Waals surface area contributed by atoms with E-state index in [0.29, 0.717) is 5.82 Å². The maximum absolute atomic E-state index is 4.54. The van der Waals surface area contributed by atoms with E-state index in [2.05, 4.69) is 20.1 Å². The van der Waals surface area contributed by atoms with Crippen LogP contribution in [0.2, 0.25) is 0 Å². The minimum absolute atomic E-state index is 0.651. The summed E-state index contributed by atoms with van der Waals surface area (Å²) in [5, 5.41) is 4.43. The molecule has 0 atom stereocenters. The van der Waals surface area contributed by atoms with E-state index < -0.39 is 0 Å². The van der Waals surface area contributed by atoms with Gasteiger partial charge in [0.25, 0.3) is 0 Å². The van der Waals surface area contributed by atoms with Crippen LogP contribution in [0.3, 0.4) is 0 Å². The van der Waals surface area contributed by atoms with Crippen molar-refractivity contribution in [2.45, 2.75) is 13.8 Å². The van der Waals surface area contributed by atoms with E-state index in [1.807, 2.05) is 42.8 Å². The number of pyridine rings is 1. The quantitative estimate of drug-likeness (QED) is 0.701. The van der Waals surface area contributed by atoms with Gasteiger partial charge < -0.3 is 0 Å². The van der Waals surface area contributed by atoms with Crippen molar-refractivity contribution in [1.82, 2.24) is 24.7 Å². The van der Waals surface area contributed by atoms with Gasteiger partial charge in [0.05, 0.1) is 5.69 Å². The van der Waals surface area contributed by atoms with E-state index in [1.54, 1.807) is 18.6 Å². The van der Waals surface area contributed by atoms with Gasteiger partial charge in [-0.25, -0.2) is 14.6 Å². The van der Waals surface area contributed by atoms with Crippen molar-refractivity contribution in [2.24, 2.45) is 0 Å². The Morgan fingerprint density at radius 1 is 1.11 bits per heavy atom. The highest BCUT2D eigenvalue weighted by Crippen LogP contribution is 2.15. The SMILES string of the molecule is Cc1cc(C)n(-c2ccnc(-c3cccnc3)n2)n1. The van der Waals surface area contributed by atoms with Gasteiger partial charge in [-0.1, -0.05) is 0 Å². The molecule has 0 aromatic carbocycles. The first-order chi connectivity index (χ1) is 9.24. The Bertz CT molecular complexity index is 703. The first-order valence-corrected chi connectivity index (χ1v) is 6.01. The third-order valence-corrected chi connectivity index (χ3v) is 2.79. The molecule has 3 aromatic heterocycles. The summed E-state index contributed by atoms with van der Waals surface area (Å²) in [5.74, 6) is 1.41. The van der Waals surface area contributed by atoms with Crippen molar-refractivity contribution in [1.29, 1.82) is 0 Å². The first-order valence-electron chi connectivity index (χ1n) is 6.01. The third kappa shape index (κ3) is 2.22. The predicted octanol–water partition coefficient (Wildman–Crippen LogP) is 2.34. The smallest absolute Gasteiger partial charge is 0.163 e. The summed E-state index contributed by atoms with van der Waals surface area (Å²) in [4.78, 5) is 12.9. The molecule has 0 saturated carbocycles. The van der Waals surface area contributed by atoms with Crippen molar-refractivity contribution >= 4 is 0 Å². The van der Waals surface area contributed by atoms with Gasteiger partial charge in [0, 0.05) is 35.9 Å². The molecule has 0 bridgehead atoms. The molecular weight excluding hydrogens is 238 g/mol. The second-order valence-corrected chi connectivity index (χ2v) is 4.32. The monoisotopic (exact) mass is 251 g/mol. The number of aryl methyl sites for hydroxylation is 2. The molecule has 0 unspecified atom stereocenters. The summed E-state index contributed by atoms with van der Waals surface area (Å²) in [6.07, 6.45) is 5.22. The van der Waals surface area contributed by atoms with Gasteiger partial charge in [0.2, 0.25) is 0 Å². The molecule has 0 aliphatic carbocycles. The molecule has 5 nitrogen and oxygen atoms in total. The van der Waals surface area contributed by atoms with E-state index in [1.165, 1.54) is 0 Å². The normalized spacial score (nSPS) is 10.6. The van der Waals surface area contributed by atoms with E-state index >= 15 is 0 Å². The van der Waals surface area contributed by atoms with Crippen LogP contribution >= 0.6 is 0 Å². The first kappa shape index (κ1) is 11.5. The van der Waals surface area contributed by atoms with E-state index in [4.69, 9.17) is 0 Å². The summed E-state index contributed by atoms with van der Waals surface area (Å²) in [5.41, 5.74) is 2.92. The van der Waals surface area contributed by atoms with Gasteiger partial charge in [-0.15, -0.1) is 0 Å². The fourth-order valence-electron chi connectivity index (χ4n) is 1.96. The van der Waals surface area contributed by atoms with Crippen molar-refractivity contribution in [3.8, 4) is 17.2 Å². The third-order valence-electron chi connectivity index (χ3n) is 2.79. The number of aromatic nitrogens is 5. The van der Waals surface area contributed by atoms with Gasteiger partial charge in [0.1, 0.15) is 0 Å². The fourth-order valence-corrected chi connectivity index (χ4v) is 1.96.